The summed E-state index contributed by atoms with van der Waals surface area (Å²) in [5.74, 6) is -3.06. The lowest BCUT2D eigenvalue weighted by Gasteiger charge is -2.29. The average Bonchev–Trinajstić information content (AvgIpc) is 2.86. The largest absolute Gasteiger partial charge is 0.378 e. The van der Waals surface area contributed by atoms with Gasteiger partial charge in [-0.2, -0.15) is 0 Å². The minimum Gasteiger partial charge on any atom is -0.378 e. The standard InChI is InChI=1S/C24H19ClF2N4O5/c25-15-1-4-22(31(34)35)19(11-15)24(33)29-21-13-17(2-3-20(21)27)28-23(32)14-9-16(26)12-18(10-14)30-5-7-36-8-6-30/h1-4,9-13H,5-8H2,(H,28,32)(H,29,33). The topological polar surface area (TPSA) is 114 Å². The summed E-state index contributed by atoms with van der Waals surface area (Å²) in [6.45, 7) is 2.08. The molecule has 36 heavy (non-hydrogen) atoms. The van der Waals surface area contributed by atoms with Crippen LogP contribution in [0.25, 0.3) is 0 Å². The molecule has 2 amide bonds. The minimum absolute atomic E-state index is 0.0426. The van der Waals surface area contributed by atoms with Crippen LogP contribution in [0.5, 0.6) is 0 Å². The fourth-order valence-electron chi connectivity index (χ4n) is 3.65. The number of rotatable bonds is 6. The van der Waals surface area contributed by atoms with Crippen LogP contribution in [0.15, 0.2) is 54.6 Å². The Bertz CT molecular complexity index is 1350. The number of nitrogens with zero attached hydrogens (tertiary/aromatic N) is 2. The van der Waals surface area contributed by atoms with Crippen LogP contribution in [-0.4, -0.2) is 43.0 Å². The number of anilines is 3. The summed E-state index contributed by atoms with van der Waals surface area (Å²) in [6.07, 6.45) is 0. The van der Waals surface area contributed by atoms with Crippen molar-refractivity contribution in [2.75, 3.05) is 41.8 Å². The Morgan fingerprint density at radius 2 is 1.72 bits per heavy atom. The van der Waals surface area contributed by atoms with Gasteiger partial charge >= 0.3 is 0 Å². The number of nitro groups is 1. The molecule has 2 N–H and O–H groups in total. The van der Waals surface area contributed by atoms with Gasteiger partial charge < -0.3 is 20.3 Å². The van der Waals surface area contributed by atoms with Crippen molar-refractivity contribution < 1.29 is 28.0 Å². The molecule has 1 heterocycles. The number of nitro benzene ring substituents is 1. The van der Waals surface area contributed by atoms with E-state index in [1.165, 1.54) is 24.3 Å². The van der Waals surface area contributed by atoms with Gasteiger partial charge in [0.05, 0.1) is 23.8 Å². The molecule has 12 heteroatoms. The van der Waals surface area contributed by atoms with Gasteiger partial charge in [-0.1, -0.05) is 11.6 Å². The number of carbonyl (C=O) groups is 2. The molecule has 1 fully saturated rings. The predicted octanol–water partition coefficient (Wildman–Crippen LogP) is 4.87. The SMILES string of the molecule is O=C(Nc1ccc(F)c(NC(=O)c2cc(Cl)ccc2[N+](=O)[O-])c1)c1cc(F)cc(N2CCOCC2)c1. The highest BCUT2D eigenvalue weighted by molar-refractivity contribution is 6.31. The lowest BCUT2D eigenvalue weighted by Crippen LogP contribution is -2.36. The van der Waals surface area contributed by atoms with E-state index in [2.05, 4.69) is 10.6 Å². The van der Waals surface area contributed by atoms with Crippen LogP contribution in [-0.2, 0) is 4.74 Å². The van der Waals surface area contributed by atoms with Crippen LogP contribution in [0.3, 0.4) is 0 Å². The van der Waals surface area contributed by atoms with Crippen molar-refractivity contribution in [3.8, 4) is 0 Å². The normalized spacial score (nSPS) is 13.2. The van der Waals surface area contributed by atoms with Gasteiger partial charge in [-0.25, -0.2) is 8.78 Å². The number of ether oxygens (including phenoxy) is 1. The maximum absolute atomic E-state index is 14.4. The number of benzene rings is 3. The minimum atomic E-state index is -0.966. The molecule has 0 aliphatic carbocycles. The zero-order valence-corrected chi connectivity index (χ0v) is 19.4. The Hall–Kier alpha value is -4.09. The second-order valence-electron chi connectivity index (χ2n) is 7.82. The summed E-state index contributed by atoms with van der Waals surface area (Å²) >= 11 is 5.85. The molecular weight excluding hydrogens is 498 g/mol. The van der Waals surface area contributed by atoms with Gasteiger partial charge in [0.25, 0.3) is 17.5 Å². The van der Waals surface area contributed by atoms with E-state index in [1.807, 2.05) is 4.90 Å². The number of halogens is 3. The summed E-state index contributed by atoms with van der Waals surface area (Å²) in [7, 11) is 0. The monoisotopic (exact) mass is 516 g/mol. The summed E-state index contributed by atoms with van der Waals surface area (Å²) < 4.78 is 33.9. The number of morpholine rings is 1. The molecule has 0 saturated carbocycles. The average molecular weight is 517 g/mol. The van der Waals surface area contributed by atoms with Crippen molar-refractivity contribution in [3.63, 3.8) is 0 Å². The van der Waals surface area contributed by atoms with Crippen molar-refractivity contribution in [3.05, 3.63) is 92.5 Å². The fourth-order valence-corrected chi connectivity index (χ4v) is 3.82. The van der Waals surface area contributed by atoms with E-state index in [1.54, 1.807) is 0 Å². The van der Waals surface area contributed by atoms with E-state index in [4.69, 9.17) is 16.3 Å². The van der Waals surface area contributed by atoms with E-state index in [0.29, 0.717) is 32.0 Å². The van der Waals surface area contributed by atoms with Crippen LogP contribution in [0.2, 0.25) is 5.02 Å². The summed E-state index contributed by atoms with van der Waals surface area (Å²) in [4.78, 5) is 37.8. The van der Waals surface area contributed by atoms with E-state index < -0.39 is 34.1 Å². The molecule has 1 aliphatic heterocycles. The van der Waals surface area contributed by atoms with E-state index in [9.17, 15) is 28.5 Å². The Morgan fingerprint density at radius 3 is 2.44 bits per heavy atom. The number of hydrogen-bond donors (Lipinski definition) is 2. The lowest BCUT2D eigenvalue weighted by atomic mass is 10.1. The highest BCUT2D eigenvalue weighted by Crippen LogP contribution is 2.26. The Labute approximate surface area is 208 Å². The van der Waals surface area contributed by atoms with Crippen molar-refractivity contribution in [2.45, 2.75) is 0 Å². The molecule has 0 unspecified atom stereocenters. The first-order chi connectivity index (χ1) is 17.2. The summed E-state index contributed by atoms with van der Waals surface area (Å²) in [6, 6.07) is 10.7. The van der Waals surface area contributed by atoms with Gasteiger partial charge in [0, 0.05) is 41.1 Å². The van der Waals surface area contributed by atoms with Crippen molar-refractivity contribution >= 4 is 46.2 Å². The van der Waals surface area contributed by atoms with E-state index in [-0.39, 0.29) is 27.5 Å². The maximum Gasteiger partial charge on any atom is 0.282 e. The first kappa shape index (κ1) is 25.0. The molecule has 9 nitrogen and oxygen atoms in total. The first-order valence-corrected chi connectivity index (χ1v) is 11.1. The van der Waals surface area contributed by atoms with Gasteiger partial charge in [-0.05, 0) is 48.5 Å². The molecule has 0 bridgehead atoms. The zero-order valence-electron chi connectivity index (χ0n) is 18.6. The predicted molar refractivity (Wildman–Crippen MR) is 130 cm³/mol. The maximum atomic E-state index is 14.4. The third-order valence-corrected chi connectivity index (χ3v) is 5.63. The smallest absolute Gasteiger partial charge is 0.282 e. The molecule has 3 aromatic carbocycles. The second kappa shape index (κ2) is 10.7. The van der Waals surface area contributed by atoms with Crippen LogP contribution in [0, 0.1) is 21.7 Å². The van der Waals surface area contributed by atoms with Gasteiger partial charge in [-0.3, -0.25) is 19.7 Å². The molecule has 1 saturated heterocycles. The van der Waals surface area contributed by atoms with Crippen molar-refractivity contribution in [2.24, 2.45) is 0 Å². The van der Waals surface area contributed by atoms with Crippen LogP contribution < -0.4 is 15.5 Å². The molecule has 186 valence electrons. The first-order valence-electron chi connectivity index (χ1n) is 10.7. The lowest BCUT2D eigenvalue weighted by molar-refractivity contribution is -0.385. The Kier molecular flexibility index (Phi) is 7.41. The van der Waals surface area contributed by atoms with Gasteiger partial charge in [0.2, 0.25) is 0 Å². The molecule has 3 aromatic rings. The highest BCUT2D eigenvalue weighted by Gasteiger charge is 2.22. The summed E-state index contributed by atoms with van der Waals surface area (Å²) in [5, 5.41) is 16.1. The van der Waals surface area contributed by atoms with Crippen LogP contribution in [0.1, 0.15) is 20.7 Å². The number of carbonyl (C=O) groups excluding carboxylic acids is 2. The zero-order chi connectivity index (χ0) is 25.8. The molecule has 1 aliphatic rings. The number of amides is 2. The van der Waals surface area contributed by atoms with Crippen LogP contribution >= 0.6 is 11.6 Å². The fraction of sp³-hybridized carbons (Fsp3) is 0.167. The Morgan fingerprint density at radius 1 is 0.972 bits per heavy atom. The summed E-state index contributed by atoms with van der Waals surface area (Å²) in [5.41, 5.74) is -0.532. The van der Waals surface area contributed by atoms with Crippen LogP contribution in [0.4, 0.5) is 31.5 Å². The third kappa shape index (κ3) is 5.75. The number of hydrogen-bond acceptors (Lipinski definition) is 6. The highest BCUT2D eigenvalue weighted by atomic mass is 35.5. The van der Waals surface area contributed by atoms with E-state index >= 15 is 0 Å². The quantitative estimate of drug-likeness (QED) is 0.357. The molecule has 0 radical (unpaired) electrons. The Balaban J connectivity index is 1.54. The molecule has 4 rings (SSSR count). The molecule has 0 aromatic heterocycles. The second-order valence-corrected chi connectivity index (χ2v) is 8.26. The van der Waals surface area contributed by atoms with Gasteiger partial charge in [-0.15, -0.1) is 0 Å². The van der Waals surface area contributed by atoms with Crippen molar-refractivity contribution in [1.29, 1.82) is 0 Å². The van der Waals surface area contributed by atoms with Crippen molar-refractivity contribution in [1.82, 2.24) is 0 Å². The third-order valence-electron chi connectivity index (χ3n) is 5.39. The van der Waals surface area contributed by atoms with Gasteiger partial charge in [0.15, 0.2) is 0 Å². The van der Waals surface area contributed by atoms with E-state index in [0.717, 1.165) is 30.3 Å². The molecule has 0 spiro atoms. The molecular formula is C24H19ClF2N4O5. The van der Waals surface area contributed by atoms with Gasteiger partial charge in [0.1, 0.15) is 17.2 Å². The molecule has 0 atom stereocenters. The number of nitrogens with one attached hydrogen (secondary N) is 2.